The Bertz CT molecular complexity index is 664. The molecule has 0 saturated carbocycles. The number of H-pyrrole nitrogens is 1. The number of amides is 1. The van der Waals surface area contributed by atoms with Crippen molar-refractivity contribution >= 4 is 29.3 Å². The number of carbonyl (C=O) groups is 1. The molecule has 3 rings (SSSR count). The Hall–Kier alpha value is -1.57. The van der Waals surface area contributed by atoms with Crippen LogP contribution in [0.3, 0.4) is 0 Å². The fourth-order valence-corrected chi connectivity index (χ4v) is 3.75. The molecule has 1 saturated heterocycles. The molecule has 1 amide bonds. The van der Waals surface area contributed by atoms with Gasteiger partial charge in [0, 0.05) is 30.4 Å². The lowest BCUT2D eigenvalue weighted by molar-refractivity contribution is -0.126. The minimum absolute atomic E-state index is 0.0660. The molecule has 1 aliphatic rings. The van der Waals surface area contributed by atoms with Gasteiger partial charge in [0.25, 0.3) is 0 Å². The summed E-state index contributed by atoms with van der Waals surface area (Å²) in [5, 5.41) is 11.2. The van der Waals surface area contributed by atoms with E-state index in [9.17, 15) is 4.79 Å². The molecule has 25 heavy (non-hydrogen) atoms. The molecule has 2 N–H and O–H groups in total. The minimum Gasteiger partial charge on any atom is -0.355 e. The molecule has 6 nitrogen and oxygen atoms in total. The molecule has 1 unspecified atom stereocenters. The van der Waals surface area contributed by atoms with Crippen molar-refractivity contribution in [3.63, 3.8) is 0 Å². The van der Waals surface area contributed by atoms with Crippen LogP contribution in [0.4, 0.5) is 0 Å². The molecule has 1 aliphatic heterocycles. The summed E-state index contributed by atoms with van der Waals surface area (Å²) in [6, 6.07) is 7.92. The van der Waals surface area contributed by atoms with Crippen molar-refractivity contribution in [2.24, 2.45) is 5.92 Å². The smallest absolute Gasteiger partial charge is 0.224 e. The van der Waals surface area contributed by atoms with Crippen molar-refractivity contribution in [2.75, 3.05) is 25.4 Å². The summed E-state index contributed by atoms with van der Waals surface area (Å²) in [5.41, 5.74) is 1.23. The average molecular weight is 380 g/mol. The van der Waals surface area contributed by atoms with Crippen LogP contribution in [0.5, 0.6) is 0 Å². The lowest BCUT2D eigenvalue weighted by Crippen LogP contribution is -2.43. The predicted octanol–water partition coefficient (Wildman–Crippen LogP) is 2.58. The highest BCUT2D eigenvalue weighted by atomic mass is 35.5. The van der Waals surface area contributed by atoms with E-state index in [1.165, 1.54) is 11.9 Å². The summed E-state index contributed by atoms with van der Waals surface area (Å²) in [6.07, 6.45) is 3.49. The quantitative estimate of drug-likeness (QED) is 0.571. The molecule has 1 atom stereocenters. The Kier molecular flexibility index (Phi) is 6.72. The molecule has 1 aromatic carbocycles. The van der Waals surface area contributed by atoms with E-state index >= 15 is 0 Å². The van der Waals surface area contributed by atoms with E-state index in [-0.39, 0.29) is 11.8 Å². The van der Waals surface area contributed by atoms with Crippen LogP contribution in [-0.4, -0.2) is 51.4 Å². The topological polar surface area (TPSA) is 73.9 Å². The molecule has 0 spiro atoms. The normalized spacial score (nSPS) is 18.2. The Labute approximate surface area is 156 Å². The zero-order valence-electron chi connectivity index (χ0n) is 13.9. The predicted molar refractivity (Wildman–Crippen MR) is 99.6 cm³/mol. The van der Waals surface area contributed by atoms with Crippen molar-refractivity contribution in [1.29, 1.82) is 0 Å². The lowest BCUT2D eigenvalue weighted by Gasteiger charge is -2.32. The van der Waals surface area contributed by atoms with E-state index in [1.807, 2.05) is 24.3 Å². The van der Waals surface area contributed by atoms with E-state index in [1.54, 1.807) is 11.8 Å². The molecule has 1 aromatic heterocycles. The second-order valence-electron chi connectivity index (χ2n) is 6.13. The summed E-state index contributed by atoms with van der Waals surface area (Å²) in [6.45, 7) is 3.34. The van der Waals surface area contributed by atoms with Crippen LogP contribution in [0.25, 0.3) is 0 Å². The molecule has 1 fully saturated rings. The second-order valence-corrected chi connectivity index (χ2v) is 7.65. The molecule has 2 aromatic rings. The van der Waals surface area contributed by atoms with Crippen LogP contribution in [0.1, 0.15) is 18.4 Å². The zero-order valence-corrected chi connectivity index (χ0v) is 15.5. The summed E-state index contributed by atoms with van der Waals surface area (Å²) in [4.78, 5) is 18.8. The maximum atomic E-state index is 12.4. The molecule has 2 heterocycles. The number of nitrogens with one attached hydrogen (secondary N) is 2. The molecular formula is C17H22ClN5OS. The molecular weight excluding hydrogens is 358 g/mol. The van der Waals surface area contributed by atoms with Crippen LogP contribution in [0.2, 0.25) is 5.02 Å². The van der Waals surface area contributed by atoms with Crippen molar-refractivity contribution in [3.8, 4) is 0 Å². The summed E-state index contributed by atoms with van der Waals surface area (Å²) in [7, 11) is 0. The number of benzene rings is 1. The Morgan fingerprint density at radius 1 is 1.40 bits per heavy atom. The second kappa shape index (κ2) is 9.22. The van der Waals surface area contributed by atoms with Gasteiger partial charge in [-0.05, 0) is 37.1 Å². The number of halogens is 1. The highest BCUT2D eigenvalue weighted by Crippen LogP contribution is 2.20. The zero-order chi connectivity index (χ0) is 17.5. The number of likely N-dealkylation sites (tertiary alicyclic amines) is 1. The van der Waals surface area contributed by atoms with Gasteiger partial charge in [0.15, 0.2) is 5.16 Å². The number of nitrogens with zero attached hydrogens (tertiary/aromatic N) is 3. The molecule has 0 radical (unpaired) electrons. The van der Waals surface area contributed by atoms with Crippen molar-refractivity contribution in [3.05, 3.63) is 41.2 Å². The van der Waals surface area contributed by atoms with Gasteiger partial charge in [-0.2, -0.15) is 5.10 Å². The monoisotopic (exact) mass is 379 g/mol. The van der Waals surface area contributed by atoms with E-state index in [0.717, 1.165) is 48.4 Å². The van der Waals surface area contributed by atoms with Crippen LogP contribution in [0, 0.1) is 5.92 Å². The number of carbonyl (C=O) groups excluding carboxylic acids is 1. The number of piperidine rings is 1. The Balaban J connectivity index is 1.40. The maximum Gasteiger partial charge on any atom is 0.224 e. The van der Waals surface area contributed by atoms with Crippen molar-refractivity contribution < 1.29 is 4.79 Å². The van der Waals surface area contributed by atoms with Gasteiger partial charge in [-0.15, -0.1) is 0 Å². The van der Waals surface area contributed by atoms with Gasteiger partial charge >= 0.3 is 0 Å². The summed E-state index contributed by atoms with van der Waals surface area (Å²) >= 11 is 7.49. The largest absolute Gasteiger partial charge is 0.355 e. The number of rotatable bonds is 7. The van der Waals surface area contributed by atoms with Gasteiger partial charge in [0.1, 0.15) is 6.33 Å². The first kappa shape index (κ1) is 18.2. The third kappa shape index (κ3) is 5.73. The van der Waals surface area contributed by atoms with Gasteiger partial charge in [0.2, 0.25) is 5.91 Å². The third-order valence-corrected chi connectivity index (χ3v) is 5.36. The number of thioether (sulfide) groups is 1. The van der Waals surface area contributed by atoms with E-state index in [4.69, 9.17) is 11.6 Å². The highest BCUT2D eigenvalue weighted by Gasteiger charge is 2.25. The van der Waals surface area contributed by atoms with Crippen LogP contribution in [0.15, 0.2) is 35.7 Å². The van der Waals surface area contributed by atoms with Gasteiger partial charge in [0.05, 0.1) is 5.92 Å². The van der Waals surface area contributed by atoms with Gasteiger partial charge in [-0.3, -0.25) is 14.8 Å². The van der Waals surface area contributed by atoms with Gasteiger partial charge in [-0.1, -0.05) is 35.5 Å². The van der Waals surface area contributed by atoms with Crippen LogP contribution in [-0.2, 0) is 11.3 Å². The van der Waals surface area contributed by atoms with Crippen molar-refractivity contribution in [2.45, 2.75) is 24.5 Å². The third-order valence-electron chi connectivity index (χ3n) is 4.23. The first-order chi connectivity index (χ1) is 12.2. The minimum atomic E-state index is 0.0660. The highest BCUT2D eigenvalue weighted by molar-refractivity contribution is 7.99. The van der Waals surface area contributed by atoms with Gasteiger partial charge < -0.3 is 5.32 Å². The molecule has 0 bridgehead atoms. The van der Waals surface area contributed by atoms with Gasteiger partial charge in [-0.25, -0.2) is 4.98 Å². The summed E-state index contributed by atoms with van der Waals surface area (Å²) in [5.74, 6) is 0.998. The lowest BCUT2D eigenvalue weighted by atomic mass is 9.96. The fourth-order valence-electron chi connectivity index (χ4n) is 2.99. The molecule has 134 valence electrons. The van der Waals surface area contributed by atoms with E-state index in [2.05, 4.69) is 25.4 Å². The standard InChI is InChI=1S/C17H22ClN5OS/c18-15-5-3-13(4-6-15)10-23-8-1-2-14(11-23)16(24)19-7-9-25-17-20-12-21-22-17/h3-6,12,14H,1-2,7-11H2,(H,19,24)(H,20,21,22). The first-order valence-electron chi connectivity index (χ1n) is 8.43. The van der Waals surface area contributed by atoms with E-state index in [0.29, 0.717) is 6.54 Å². The Morgan fingerprint density at radius 3 is 3.00 bits per heavy atom. The number of hydrogen-bond acceptors (Lipinski definition) is 5. The SMILES string of the molecule is O=C(NCCSc1ncn[nH]1)C1CCCN(Cc2ccc(Cl)cc2)C1. The van der Waals surface area contributed by atoms with Crippen molar-refractivity contribution in [1.82, 2.24) is 25.4 Å². The first-order valence-corrected chi connectivity index (χ1v) is 9.80. The molecule has 0 aliphatic carbocycles. The van der Waals surface area contributed by atoms with E-state index < -0.39 is 0 Å². The fraction of sp³-hybridized carbons (Fsp3) is 0.471. The number of aromatic nitrogens is 3. The van der Waals surface area contributed by atoms with Crippen LogP contribution >= 0.6 is 23.4 Å². The molecule has 8 heteroatoms. The average Bonchev–Trinajstić information content (AvgIpc) is 3.14. The van der Waals surface area contributed by atoms with Crippen LogP contribution < -0.4 is 5.32 Å². The summed E-state index contributed by atoms with van der Waals surface area (Å²) < 4.78 is 0. The number of hydrogen-bond donors (Lipinski definition) is 2. The number of aromatic amines is 1. The maximum absolute atomic E-state index is 12.4. The Morgan fingerprint density at radius 2 is 2.24 bits per heavy atom.